The van der Waals surface area contributed by atoms with Crippen molar-refractivity contribution in [2.24, 2.45) is 0 Å². The summed E-state index contributed by atoms with van der Waals surface area (Å²) in [6.07, 6.45) is 0. The van der Waals surface area contributed by atoms with Crippen LogP contribution in [0.2, 0.25) is 1.41 Å². The lowest BCUT2D eigenvalue weighted by Crippen LogP contribution is -1.98. The maximum atomic E-state index is 12.5. The Morgan fingerprint density at radius 2 is 2.60 bits per heavy atom. The number of hydrogen-bond donors (Lipinski definition) is 1. The van der Waals surface area contributed by atoms with Gasteiger partial charge in [0.1, 0.15) is 0 Å². The van der Waals surface area contributed by atoms with E-state index < -0.39 is 29.7 Å². The predicted octanol–water partition coefficient (Wildman–Crippen LogP) is 2.08. The molecular formula is C7H9ClFN. The molecule has 0 aliphatic rings. The van der Waals surface area contributed by atoms with Crippen LogP contribution in [0, 0.1) is 0 Å². The summed E-state index contributed by atoms with van der Waals surface area (Å²) in [4.78, 5) is 0. The molecule has 0 fully saturated rings. The van der Waals surface area contributed by atoms with Crippen LogP contribution in [0.4, 0.5) is 4.48 Å². The van der Waals surface area contributed by atoms with E-state index in [9.17, 15) is 4.48 Å². The highest BCUT2D eigenvalue weighted by molar-refractivity contribution is 5.85. The molecule has 56 valence electrons. The van der Waals surface area contributed by atoms with E-state index in [0.717, 1.165) is 12.1 Å². The molecule has 1 rings (SSSR count). The van der Waals surface area contributed by atoms with Gasteiger partial charge in [-0.05, 0) is 5.56 Å². The Morgan fingerprint density at radius 3 is 3.30 bits per heavy atom. The maximum absolute atomic E-state index is 12.5. The zero-order valence-electron chi connectivity index (χ0n) is 10.9. The molecule has 0 aromatic heterocycles. The van der Waals surface area contributed by atoms with Crippen molar-refractivity contribution in [2.45, 2.75) is 6.50 Å². The Bertz CT molecular complexity index is 385. The lowest BCUT2D eigenvalue weighted by Gasteiger charge is -1.93. The van der Waals surface area contributed by atoms with Crippen LogP contribution >= 0.6 is 12.4 Å². The molecule has 0 unspecified atom stereocenters. The van der Waals surface area contributed by atoms with Crippen molar-refractivity contribution in [3.05, 3.63) is 35.8 Å². The highest BCUT2D eigenvalue weighted by Crippen LogP contribution is 1.96. The van der Waals surface area contributed by atoms with E-state index >= 15 is 0 Å². The van der Waals surface area contributed by atoms with Crippen molar-refractivity contribution in [3.63, 3.8) is 0 Å². The monoisotopic (exact) mass is 167 g/mol. The van der Waals surface area contributed by atoms with Crippen LogP contribution in [0.1, 0.15) is 12.4 Å². The molecular weight excluding hydrogens is 153 g/mol. The van der Waals surface area contributed by atoms with Crippen LogP contribution in [-0.4, -0.2) is 0 Å². The second kappa shape index (κ2) is 5.21. The van der Waals surface area contributed by atoms with Crippen LogP contribution in [0.15, 0.2) is 30.3 Å². The van der Waals surface area contributed by atoms with Crippen LogP contribution in [0.5, 0.6) is 0 Å². The Labute approximate surface area is 74.1 Å². The average Bonchev–Trinajstić information content (AvgIpc) is 2.13. The maximum Gasteiger partial charge on any atom is 0.161 e. The molecule has 0 spiro atoms. The summed E-state index contributed by atoms with van der Waals surface area (Å²) in [5.41, 5.74) is -1.36. The largest absolute Gasteiger partial charge is 0.161 e. The van der Waals surface area contributed by atoms with E-state index in [1.807, 2.05) is 0 Å². The van der Waals surface area contributed by atoms with Gasteiger partial charge in [0.15, 0.2) is 1.41 Å². The molecule has 0 heterocycles. The molecule has 0 bridgehead atoms. The van der Waals surface area contributed by atoms with Crippen LogP contribution < -0.4 is 5.53 Å². The molecule has 0 saturated carbocycles. The first-order valence-corrected chi connectivity index (χ1v) is 2.30. The number of nitrogens with one attached hydrogen (secondary N) is 1. The summed E-state index contributed by atoms with van der Waals surface area (Å²) in [5, 5.41) is 0. The summed E-state index contributed by atoms with van der Waals surface area (Å²) >= 11 is 0. The lowest BCUT2D eigenvalue weighted by atomic mass is 10.2. The first-order chi connectivity index (χ1) is 6.78. The fourth-order valence-corrected chi connectivity index (χ4v) is 0.422. The number of hydrogen-bond acceptors (Lipinski definition) is 1. The first-order valence-electron chi connectivity index (χ1n) is 5.25. The predicted molar refractivity (Wildman–Crippen MR) is 41.6 cm³/mol. The Kier molecular flexibility index (Phi) is 1.67. The standard InChI is InChI=1S/C7H8FN.ClH/c8-9-6-7-4-2-1-3-5-7;/h1-5,9H,6H2;1H/i1D,2D,4D,6D2;/hD. The van der Waals surface area contributed by atoms with E-state index in [2.05, 4.69) is 0 Å². The minimum Gasteiger partial charge on any atom is -0.155 e. The minimum atomic E-state index is -2.79. The molecule has 0 amide bonds. The molecule has 1 aromatic rings. The molecule has 1 nitrogen and oxygen atoms in total. The Balaban J connectivity index is 0.00000225. The molecule has 0 atom stereocenters. The third kappa shape index (κ3) is 2.80. The van der Waals surface area contributed by atoms with E-state index in [-0.39, 0.29) is 18.4 Å². The molecule has 1 N–H and O–H groups in total. The molecule has 1 aromatic carbocycles. The Hall–Kier alpha value is -0.600. The van der Waals surface area contributed by atoms with Gasteiger partial charge in [-0.3, -0.25) is 0 Å². The second-order valence-corrected chi connectivity index (χ2v) is 1.34. The summed E-state index contributed by atoms with van der Waals surface area (Å²) in [7, 11) is 0. The lowest BCUT2D eigenvalue weighted by molar-refractivity contribution is 0.330. The van der Waals surface area contributed by atoms with Gasteiger partial charge in [-0.25, -0.2) is 0 Å². The van der Waals surface area contributed by atoms with Crippen molar-refractivity contribution in [1.82, 2.24) is 5.53 Å². The van der Waals surface area contributed by atoms with E-state index in [1.165, 1.54) is 0 Å². The highest BCUT2D eigenvalue weighted by Gasteiger charge is 1.85. The number of benzene rings is 1. The van der Waals surface area contributed by atoms with Crippen LogP contribution in [0.3, 0.4) is 0 Å². The summed E-state index contributed by atoms with van der Waals surface area (Å²) in [6, 6.07) is 0.816. The molecule has 0 aliphatic carbocycles. The van der Waals surface area contributed by atoms with Gasteiger partial charge >= 0.3 is 0 Å². The fraction of sp³-hybridized carbons (Fsp3) is 0.143. The zero-order valence-corrected chi connectivity index (χ0v) is 5.70. The third-order valence-corrected chi connectivity index (χ3v) is 0.765. The van der Waals surface area contributed by atoms with Gasteiger partial charge in [0.25, 0.3) is 0 Å². The van der Waals surface area contributed by atoms with Crippen LogP contribution in [-0.2, 0) is 6.50 Å². The van der Waals surface area contributed by atoms with Gasteiger partial charge in [0, 0.05) is 0 Å². The topological polar surface area (TPSA) is 12.0 Å². The smallest absolute Gasteiger partial charge is 0.155 e. The van der Waals surface area contributed by atoms with Gasteiger partial charge < -0.3 is 0 Å². The van der Waals surface area contributed by atoms with Gasteiger partial charge in [-0.15, -0.1) is 16.9 Å². The van der Waals surface area contributed by atoms with Crippen molar-refractivity contribution in [1.29, 1.82) is 0 Å². The normalized spacial score (nSPS) is 19.0. The SMILES string of the molecule is Cl.[2H]c1ccc(C([2H])([2H])N([2H])F)c([2H])c1[2H]. The van der Waals surface area contributed by atoms with Crippen molar-refractivity contribution in [2.75, 3.05) is 0 Å². The van der Waals surface area contributed by atoms with Crippen molar-refractivity contribution < 1.29 is 12.7 Å². The quantitative estimate of drug-likeness (QED) is 0.666. The zero-order chi connectivity index (χ0) is 11.8. The Morgan fingerprint density at radius 1 is 1.80 bits per heavy atom. The van der Waals surface area contributed by atoms with Crippen molar-refractivity contribution >= 4 is 12.4 Å². The average molecular weight is 168 g/mol. The molecule has 3 heteroatoms. The first kappa shape index (κ1) is 3.20. The van der Waals surface area contributed by atoms with Gasteiger partial charge in [0.2, 0.25) is 0 Å². The van der Waals surface area contributed by atoms with Gasteiger partial charge in [0.05, 0.1) is 13.4 Å². The molecule has 0 aliphatic heterocycles. The van der Waals surface area contributed by atoms with Crippen LogP contribution in [0.25, 0.3) is 0 Å². The highest BCUT2D eigenvalue weighted by atomic mass is 35.5. The van der Waals surface area contributed by atoms with Crippen molar-refractivity contribution in [3.8, 4) is 0 Å². The molecule has 0 radical (unpaired) electrons. The fourth-order valence-electron chi connectivity index (χ4n) is 0.422. The van der Waals surface area contributed by atoms with Gasteiger partial charge in [-0.1, -0.05) is 30.3 Å². The van der Waals surface area contributed by atoms with Gasteiger partial charge in [-0.2, -0.15) is 5.53 Å². The molecule has 10 heavy (non-hydrogen) atoms. The number of halogens is 2. The second-order valence-electron chi connectivity index (χ2n) is 1.34. The third-order valence-electron chi connectivity index (χ3n) is 0.765. The number of rotatable bonds is 2. The summed E-state index contributed by atoms with van der Waals surface area (Å²) in [5.74, 6) is 0. The van der Waals surface area contributed by atoms with E-state index in [4.69, 9.17) is 8.27 Å². The minimum absolute atomic E-state index is 0. The summed E-state index contributed by atoms with van der Waals surface area (Å²) in [6.45, 7) is -2.79. The molecule has 0 saturated heterocycles. The van der Waals surface area contributed by atoms with E-state index in [0.29, 0.717) is 0 Å². The summed E-state index contributed by atoms with van der Waals surface area (Å²) < 4.78 is 55.2. The van der Waals surface area contributed by atoms with E-state index in [1.54, 1.807) is 0 Å².